The third-order valence-corrected chi connectivity index (χ3v) is 6.20. The number of hydrogen-bond acceptors (Lipinski definition) is 4. The molecule has 0 fully saturated rings. The highest BCUT2D eigenvalue weighted by Gasteiger charge is 2.40. The lowest BCUT2D eigenvalue weighted by Crippen LogP contribution is -2.58. The van der Waals surface area contributed by atoms with Crippen molar-refractivity contribution >= 4 is 18.0 Å². The zero-order valence-corrected chi connectivity index (χ0v) is 19.9. The van der Waals surface area contributed by atoms with Crippen LogP contribution < -0.4 is 5.32 Å². The number of carboxylic acids is 1. The second-order valence-electron chi connectivity index (χ2n) is 8.60. The van der Waals surface area contributed by atoms with Gasteiger partial charge in [-0.1, -0.05) is 48.5 Å². The second kappa shape index (κ2) is 10.4. The fraction of sp³-hybridized carbons (Fsp3) is 0.370. The van der Waals surface area contributed by atoms with E-state index in [1.54, 1.807) is 13.8 Å². The fourth-order valence-electron chi connectivity index (χ4n) is 4.32. The third kappa shape index (κ3) is 4.91. The molecule has 1 aliphatic rings. The van der Waals surface area contributed by atoms with Gasteiger partial charge in [0.2, 0.25) is 5.91 Å². The number of hydrogen-bond donors (Lipinski definition) is 2. The van der Waals surface area contributed by atoms with Crippen LogP contribution in [-0.4, -0.2) is 52.7 Å². The predicted octanol–water partition coefficient (Wildman–Crippen LogP) is 4.02. The van der Waals surface area contributed by atoms with Gasteiger partial charge in [0.1, 0.15) is 18.2 Å². The van der Waals surface area contributed by atoms with Crippen molar-refractivity contribution in [1.29, 1.82) is 0 Å². The average molecular weight is 463 g/mol. The Bertz CT molecular complexity index is 1100. The van der Waals surface area contributed by atoms with Crippen molar-refractivity contribution in [2.75, 3.05) is 13.2 Å². The number of aliphatic carboxylic acids is 1. The Kier molecular flexibility index (Phi) is 7.62. The number of rotatable bonds is 8. The molecule has 1 unspecified atom stereocenters. The van der Waals surface area contributed by atoms with Gasteiger partial charge in [0, 0.05) is 18.9 Å². The number of ether oxygens (including phenoxy) is 1. The normalized spacial score (nSPS) is 13.1. The maximum atomic E-state index is 13.2. The first-order valence-electron chi connectivity index (χ1n) is 11.3. The zero-order chi connectivity index (χ0) is 24.9. The molecule has 2 aromatic rings. The summed E-state index contributed by atoms with van der Waals surface area (Å²) in [5.74, 6) is 3.75. The van der Waals surface area contributed by atoms with E-state index in [0.717, 1.165) is 22.3 Å². The molecule has 2 N–H and O–H groups in total. The smallest absolute Gasteiger partial charge is 0.407 e. The highest BCUT2D eigenvalue weighted by atomic mass is 16.5. The lowest BCUT2D eigenvalue weighted by molar-refractivity contribution is -0.157. The summed E-state index contributed by atoms with van der Waals surface area (Å²) in [7, 11) is 0. The van der Waals surface area contributed by atoms with Crippen molar-refractivity contribution in [2.24, 2.45) is 0 Å². The number of carbonyl (C=O) groups is 3. The average Bonchev–Trinajstić information content (AvgIpc) is 3.14. The molecule has 0 heterocycles. The van der Waals surface area contributed by atoms with Gasteiger partial charge in [0.15, 0.2) is 0 Å². The molecule has 2 amide bonds. The number of benzene rings is 2. The quantitative estimate of drug-likeness (QED) is 0.578. The maximum absolute atomic E-state index is 13.2. The molecular weight excluding hydrogens is 432 g/mol. The molecule has 3 rings (SSSR count). The molecule has 7 nitrogen and oxygen atoms in total. The maximum Gasteiger partial charge on any atom is 0.407 e. The number of fused-ring (bicyclic) bond motifs is 3. The summed E-state index contributed by atoms with van der Waals surface area (Å²) in [6, 6.07) is 15.0. The van der Waals surface area contributed by atoms with E-state index < -0.39 is 29.6 Å². The number of amides is 2. The van der Waals surface area contributed by atoms with Crippen molar-refractivity contribution in [1.82, 2.24) is 10.2 Å². The summed E-state index contributed by atoms with van der Waals surface area (Å²) in [5, 5.41) is 12.2. The monoisotopic (exact) mass is 462 g/mol. The topological polar surface area (TPSA) is 95.9 Å². The second-order valence-corrected chi connectivity index (χ2v) is 8.60. The van der Waals surface area contributed by atoms with E-state index in [2.05, 4.69) is 29.3 Å². The Hall–Kier alpha value is -3.79. The van der Waals surface area contributed by atoms with Crippen LogP contribution in [0, 0.1) is 11.8 Å². The Balaban J connectivity index is 1.74. The number of nitrogens with one attached hydrogen (secondary N) is 1. The standard InChI is InChI=1S/C27H30N2O5/c1-5-7-16-23(24(30)29(6-2)27(3,4)25(31)32)28-26(33)34-17-22-20-14-10-8-12-18(20)19-13-9-11-15-21(19)22/h8-15,22-23H,6,16-17H2,1-4H3,(H,28,33)(H,31,32). The summed E-state index contributed by atoms with van der Waals surface area (Å²) in [4.78, 5) is 38.8. The minimum atomic E-state index is -1.44. The van der Waals surface area contributed by atoms with Gasteiger partial charge in [-0.25, -0.2) is 9.59 Å². The molecule has 0 saturated carbocycles. The van der Waals surface area contributed by atoms with E-state index in [-0.39, 0.29) is 25.5 Å². The Morgan fingerprint density at radius 2 is 1.65 bits per heavy atom. The van der Waals surface area contributed by atoms with Gasteiger partial charge in [-0.2, -0.15) is 0 Å². The summed E-state index contributed by atoms with van der Waals surface area (Å²) >= 11 is 0. The van der Waals surface area contributed by atoms with E-state index in [1.807, 2.05) is 36.4 Å². The zero-order valence-electron chi connectivity index (χ0n) is 19.9. The fourth-order valence-corrected chi connectivity index (χ4v) is 4.32. The summed E-state index contributed by atoms with van der Waals surface area (Å²) in [5.41, 5.74) is 2.97. The van der Waals surface area contributed by atoms with Crippen LogP contribution in [0.1, 0.15) is 51.2 Å². The predicted molar refractivity (Wildman–Crippen MR) is 129 cm³/mol. The van der Waals surface area contributed by atoms with Crippen LogP contribution >= 0.6 is 0 Å². The first-order chi connectivity index (χ1) is 16.2. The molecule has 2 aromatic carbocycles. The van der Waals surface area contributed by atoms with E-state index in [9.17, 15) is 19.5 Å². The molecule has 0 radical (unpaired) electrons. The van der Waals surface area contributed by atoms with Crippen LogP contribution in [0.3, 0.4) is 0 Å². The molecule has 0 saturated heterocycles. The SMILES string of the molecule is CC#CCC(NC(=O)OCC1c2ccccc2-c2ccccc21)C(=O)N(CC)C(C)(C)C(=O)O. The van der Waals surface area contributed by atoms with E-state index in [4.69, 9.17) is 4.74 Å². The third-order valence-electron chi connectivity index (χ3n) is 6.20. The van der Waals surface area contributed by atoms with Gasteiger partial charge in [0.25, 0.3) is 0 Å². The number of nitrogens with zero attached hydrogens (tertiary/aromatic N) is 1. The molecule has 0 spiro atoms. The highest BCUT2D eigenvalue weighted by molar-refractivity contribution is 5.91. The molecule has 0 aromatic heterocycles. The van der Waals surface area contributed by atoms with Crippen LogP contribution in [0.25, 0.3) is 11.1 Å². The molecule has 178 valence electrons. The van der Waals surface area contributed by atoms with Gasteiger partial charge >= 0.3 is 12.1 Å². The van der Waals surface area contributed by atoms with Crippen LogP contribution in [0.15, 0.2) is 48.5 Å². The van der Waals surface area contributed by atoms with Gasteiger partial charge in [-0.3, -0.25) is 4.79 Å². The minimum Gasteiger partial charge on any atom is -0.480 e. The van der Waals surface area contributed by atoms with Crippen molar-refractivity contribution in [3.63, 3.8) is 0 Å². The van der Waals surface area contributed by atoms with Crippen molar-refractivity contribution in [3.05, 3.63) is 59.7 Å². The first kappa shape index (κ1) is 24.8. The lowest BCUT2D eigenvalue weighted by Gasteiger charge is -2.36. The van der Waals surface area contributed by atoms with E-state index in [1.165, 1.54) is 18.7 Å². The van der Waals surface area contributed by atoms with Gasteiger partial charge in [-0.15, -0.1) is 11.8 Å². The Morgan fingerprint density at radius 3 is 2.15 bits per heavy atom. The largest absolute Gasteiger partial charge is 0.480 e. The van der Waals surface area contributed by atoms with Crippen molar-refractivity contribution < 1.29 is 24.2 Å². The summed E-state index contributed by atoms with van der Waals surface area (Å²) in [6.45, 7) is 6.50. The van der Waals surface area contributed by atoms with Crippen LogP contribution in [0.2, 0.25) is 0 Å². The number of likely N-dealkylation sites (N-methyl/N-ethyl adjacent to an activating group) is 1. The number of carboxylic acid groups (broad SMARTS) is 1. The minimum absolute atomic E-state index is 0.0473. The van der Waals surface area contributed by atoms with Crippen LogP contribution in [-0.2, 0) is 14.3 Å². The Morgan fingerprint density at radius 1 is 1.09 bits per heavy atom. The molecule has 1 atom stereocenters. The lowest BCUT2D eigenvalue weighted by atomic mass is 9.98. The van der Waals surface area contributed by atoms with E-state index >= 15 is 0 Å². The number of alkyl carbamates (subject to hydrolysis) is 1. The van der Waals surface area contributed by atoms with Gasteiger partial charge in [-0.05, 0) is 49.9 Å². The van der Waals surface area contributed by atoms with E-state index in [0.29, 0.717) is 0 Å². The molecular formula is C27H30N2O5. The van der Waals surface area contributed by atoms with Crippen LogP contribution in [0.5, 0.6) is 0 Å². The first-order valence-corrected chi connectivity index (χ1v) is 11.3. The molecule has 7 heteroatoms. The molecule has 1 aliphatic carbocycles. The summed E-state index contributed by atoms with van der Waals surface area (Å²) < 4.78 is 5.56. The molecule has 0 aliphatic heterocycles. The Labute approximate surface area is 200 Å². The highest BCUT2D eigenvalue weighted by Crippen LogP contribution is 2.44. The summed E-state index contributed by atoms with van der Waals surface area (Å²) in [6.07, 6.45) is -0.701. The molecule has 34 heavy (non-hydrogen) atoms. The van der Waals surface area contributed by atoms with Gasteiger partial charge in [0.05, 0.1) is 0 Å². The van der Waals surface area contributed by atoms with Crippen molar-refractivity contribution in [2.45, 2.75) is 51.6 Å². The number of carbonyl (C=O) groups excluding carboxylic acids is 2. The molecule has 0 bridgehead atoms. The van der Waals surface area contributed by atoms with Crippen molar-refractivity contribution in [3.8, 4) is 23.0 Å². The van der Waals surface area contributed by atoms with Crippen LogP contribution in [0.4, 0.5) is 4.79 Å². The van der Waals surface area contributed by atoms with Gasteiger partial charge < -0.3 is 20.1 Å².